The van der Waals surface area contributed by atoms with Crippen molar-refractivity contribution >= 4 is 56.8 Å². The number of carbonyl (C=O) groups is 2. The van der Waals surface area contributed by atoms with Gasteiger partial charge in [0, 0.05) is 4.47 Å². The van der Waals surface area contributed by atoms with E-state index in [0.29, 0.717) is 4.47 Å². The van der Waals surface area contributed by atoms with E-state index in [1.807, 2.05) is 0 Å². The largest absolute Gasteiger partial charge is 0.480 e. The van der Waals surface area contributed by atoms with Crippen molar-refractivity contribution in [3.05, 3.63) is 39.3 Å². The second kappa shape index (κ2) is 7.52. The number of halogens is 3. The summed E-state index contributed by atoms with van der Waals surface area (Å²) in [4.78, 5) is 22.6. The Hall–Kier alpha value is -1.24. The van der Waals surface area contributed by atoms with Crippen molar-refractivity contribution in [2.24, 2.45) is 0 Å². The Balaban J connectivity index is 2.78. The van der Waals surface area contributed by atoms with Crippen molar-refractivity contribution in [2.75, 3.05) is 5.32 Å². The van der Waals surface area contributed by atoms with E-state index in [9.17, 15) is 9.59 Å². The minimum Gasteiger partial charge on any atom is -0.480 e. The number of carboxylic acid groups (broad SMARTS) is 1. The molecule has 0 heterocycles. The fourth-order valence-electron chi connectivity index (χ4n) is 1.33. The summed E-state index contributed by atoms with van der Waals surface area (Å²) in [6.45, 7) is 3.43. The lowest BCUT2D eigenvalue weighted by Gasteiger charge is -2.14. The maximum Gasteiger partial charge on any atom is 0.326 e. The molecule has 0 saturated carbocycles. The molecule has 108 valence electrons. The van der Waals surface area contributed by atoms with Crippen LogP contribution < -0.4 is 10.6 Å². The van der Waals surface area contributed by atoms with Gasteiger partial charge >= 0.3 is 12.0 Å². The molecule has 0 saturated heterocycles. The first-order valence-electron chi connectivity index (χ1n) is 5.41. The molecule has 0 aliphatic rings. The zero-order valence-corrected chi connectivity index (χ0v) is 13.2. The van der Waals surface area contributed by atoms with Gasteiger partial charge < -0.3 is 15.7 Å². The number of urea groups is 1. The van der Waals surface area contributed by atoms with Gasteiger partial charge in [-0.1, -0.05) is 29.3 Å². The van der Waals surface area contributed by atoms with Gasteiger partial charge in [0.1, 0.15) is 6.04 Å². The molecule has 1 atom stereocenters. The van der Waals surface area contributed by atoms with Crippen LogP contribution in [0.4, 0.5) is 10.5 Å². The summed E-state index contributed by atoms with van der Waals surface area (Å²) in [7, 11) is 0. The highest BCUT2D eigenvalue weighted by molar-refractivity contribution is 9.10. The van der Waals surface area contributed by atoms with Gasteiger partial charge in [0.2, 0.25) is 0 Å². The number of hydrogen-bond donors (Lipinski definition) is 3. The van der Waals surface area contributed by atoms with Crippen LogP contribution in [-0.2, 0) is 4.79 Å². The van der Waals surface area contributed by atoms with Gasteiger partial charge in [0.15, 0.2) is 0 Å². The summed E-state index contributed by atoms with van der Waals surface area (Å²) in [6.07, 6.45) is 1.51. The average molecular weight is 382 g/mol. The van der Waals surface area contributed by atoms with Crippen LogP contribution in [0.3, 0.4) is 0 Å². The summed E-state index contributed by atoms with van der Waals surface area (Å²) in [6, 6.07) is 1.40. The highest BCUT2D eigenvalue weighted by atomic mass is 79.9. The molecule has 0 aliphatic heterocycles. The first kappa shape index (κ1) is 16.8. The molecule has 5 nitrogen and oxygen atoms in total. The van der Waals surface area contributed by atoms with E-state index < -0.39 is 18.0 Å². The molecule has 0 aliphatic carbocycles. The number of amides is 2. The van der Waals surface area contributed by atoms with Gasteiger partial charge in [0.25, 0.3) is 0 Å². The second-order valence-corrected chi connectivity index (χ2v) is 5.35. The molecule has 3 N–H and O–H groups in total. The summed E-state index contributed by atoms with van der Waals surface area (Å²) in [5.74, 6) is -1.15. The molecular formula is C12H11BrCl2N2O3. The van der Waals surface area contributed by atoms with E-state index in [0.717, 1.165) is 0 Å². The molecule has 20 heavy (non-hydrogen) atoms. The number of carbonyl (C=O) groups excluding carboxylic acids is 1. The van der Waals surface area contributed by atoms with Gasteiger partial charge in [-0.05, 0) is 34.5 Å². The Morgan fingerprint density at radius 2 is 2.05 bits per heavy atom. The summed E-state index contributed by atoms with van der Waals surface area (Å²) in [5, 5.41) is 14.1. The second-order valence-electron chi connectivity index (χ2n) is 3.74. The predicted octanol–water partition coefficient (Wildman–Crippen LogP) is 3.91. The smallest absolute Gasteiger partial charge is 0.326 e. The predicted molar refractivity (Wildman–Crippen MR) is 82.6 cm³/mol. The van der Waals surface area contributed by atoms with Crippen molar-refractivity contribution in [3.8, 4) is 0 Å². The third-order valence-electron chi connectivity index (χ3n) is 2.29. The van der Waals surface area contributed by atoms with Crippen molar-refractivity contribution in [2.45, 2.75) is 12.5 Å². The van der Waals surface area contributed by atoms with Crippen LogP contribution in [-0.4, -0.2) is 23.1 Å². The molecule has 2 amide bonds. The van der Waals surface area contributed by atoms with Gasteiger partial charge in [-0.15, -0.1) is 6.58 Å². The summed E-state index contributed by atoms with van der Waals surface area (Å²) in [5.41, 5.74) is 0.278. The Morgan fingerprint density at radius 1 is 1.40 bits per heavy atom. The van der Waals surface area contributed by atoms with Crippen LogP contribution in [0.15, 0.2) is 29.3 Å². The van der Waals surface area contributed by atoms with E-state index in [-0.39, 0.29) is 22.2 Å². The number of carboxylic acids is 1. The minimum atomic E-state index is -1.15. The van der Waals surface area contributed by atoms with Gasteiger partial charge in [-0.2, -0.15) is 0 Å². The van der Waals surface area contributed by atoms with Crippen molar-refractivity contribution in [1.82, 2.24) is 5.32 Å². The molecule has 1 aromatic carbocycles. The van der Waals surface area contributed by atoms with Crippen LogP contribution in [0, 0.1) is 0 Å². The molecule has 0 fully saturated rings. The Labute approximate surface area is 134 Å². The molecule has 0 bridgehead atoms. The zero-order valence-electron chi connectivity index (χ0n) is 10.1. The molecule has 0 radical (unpaired) electrons. The number of aliphatic carboxylic acids is 1. The van der Waals surface area contributed by atoms with E-state index in [1.165, 1.54) is 6.08 Å². The third-order valence-corrected chi connectivity index (χ3v) is 4.06. The number of nitrogens with one attached hydrogen (secondary N) is 2. The Morgan fingerprint density at radius 3 is 2.60 bits per heavy atom. The van der Waals surface area contributed by atoms with Gasteiger partial charge in [-0.25, -0.2) is 9.59 Å². The highest BCUT2D eigenvalue weighted by Gasteiger charge is 2.19. The van der Waals surface area contributed by atoms with Gasteiger partial charge in [0.05, 0.1) is 15.7 Å². The van der Waals surface area contributed by atoms with E-state index >= 15 is 0 Å². The minimum absolute atomic E-state index is 0.109. The van der Waals surface area contributed by atoms with Crippen LogP contribution >= 0.6 is 39.1 Å². The van der Waals surface area contributed by atoms with Crippen LogP contribution in [0.5, 0.6) is 0 Å². The fourth-order valence-corrected chi connectivity index (χ4v) is 2.15. The quantitative estimate of drug-likeness (QED) is 0.534. The monoisotopic (exact) mass is 380 g/mol. The standard InChI is InChI=1S/C12H11BrCl2N2O3/c1-2-3-8(11(18)19)17-12(20)16-7-5-4-6(13)9(14)10(7)15/h2,4-5,8H,1,3H2,(H,18,19)(H2,16,17,20). The molecule has 1 rings (SSSR count). The maximum absolute atomic E-state index is 11.7. The molecular weight excluding hydrogens is 371 g/mol. The van der Waals surface area contributed by atoms with Crippen LogP contribution in [0.25, 0.3) is 0 Å². The average Bonchev–Trinajstić information content (AvgIpc) is 2.39. The van der Waals surface area contributed by atoms with E-state index in [1.54, 1.807) is 12.1 Å². The van der Waals surface area contributed by atoms with Crippen molar-refractivity contribution < 1.29 is 14.7 Å². The maximum atomic E-state index is 11.7. The highest BCUT2D eigenvalue weighted by Crippen LogP contribution is 2.35. The molecule has 0 aromatic heterocycles. The molecule has 0 spiro atoms. The van der Waals surface area contributed by atoms with E-state index in [4.69, 9.17) is 28.3 Å². The summed E-state index contributed by atoms with van der Waals surface area (Å²) < 4.78 is 0.588. The lowest BCUT2D eigenvalue weighted by molar-refractivity contribution is -0.139. The normalized spacial score (nSPS) is 11.6. The van der Waals surface area contributed by atoms with Crippen molar-refractivity contribution in [3.63, 3.8) is 0 Å². The summed E-state index contributed by atoms with van der Waals surface area (Å²) >= 11 is 15.1. The molecule has 1 unspecified atom stereocenters. The first-order chi connectivity index (χ1) is 9.36. The number of rotatable bonds is 5. The molecule has 1 aromatic rings. The third kappa shape index (κ3) is 4.40. The van der Waals surface area contributed by atoms with Crippen LogP contribution in [0.1, 0.15) is 6.42 Å². The van der Waals surface area contributed by atoms with Crippen molar-refractivity contribution in [1.29, 1.82) is 0 Å². The number of benzene rings is 1. The Kier molecular flexibility index (Phi) is 6.32. The van der Waals surface area contributed by atoms with Gasteiger partial charge in [-0.3, -0.25) is 0 Å². The van der Waals surface area contributed by atoms with E-state index in [2.05, 4.69) is 33.1 Å². The fraction of sp³-hybridized carbons (Fsp3) is 0.167. The number of anilines is 1. The zero-order chi connectivity index (χ0) is 15.3. The SMILES string of the molecule is C=CCC(NC(=O)Nc1ccc(Br)c(Cl)c1Cl)C(=O)O. The topological polar surface area (TPSA) is 78.4 Å². The lowest BCUT2D eigenvalue weighted by atomic mass is 10.2. The lowest BCUT2D eigenvalue weighted by Crippen LogP contribution is -2.42. The van der Waals surface area contributed by atoms with Crippen LogP contribution in [0.2, 0.25) is 10.0 Å². The Bertz CT molecular complexity index is 552. The molecule has 8 heteroatoms. The number of hydrogen-bond acceptors (Lipinski definition) is 2. The first-order valence-corrected chi connectivity index (χ1v) is 6.96.